The second kappa shape index (κ2) is 7.19. The Kier molecular flexibility index (Phi) is 5.30. The zero-order valence-electron chi connectivity index (χ0n) is 11.3. The lowest BCUT2D eigenvalue weighted by atomic mass is 10.2. The molecule has 1 N–H and O–H groups in total. The van der Waals surface area contributed by atoms with E-state index in [2.05, 4.69) is 10.3 Å². The molecule has 0 saturated heterocycles. The fourth-order valence-electron chi connectivity index (χ4n) is 1.61. The number of aromatic nitrogens is 1. The minimum Gasteiger partial charge on any atom is -0.454 e. The van der Waals surface area contributed by atoms with E-state index in [1.54, 1.807) is 24.4 Å². The molecule has 5 nitrogen and oxygen atoms in total. The summed E-state index contributed by atoms with van der Waals surface area (Å²) in [4.78, 5) is 27.7. The van der Waals surface area contributed by atoms with Gasteiger partial charge in [0.25, 0.3) is 0 Å². The molecule has 21 heavy (non-hydrogen) atoms. The van der Waals surface area contributed by atoms with Gasteiger partial charge in [0.05, 0.1) is 12.1 Å². The first-order valence-electron chi connectivity index (χ1n) is 6.16. The van der Waals surface area contributed by atoms with Crippen molar-refractivity contribution in [2.45, 2.75) is 13.5 Å². The monoisotopic (exact) mass is 324 g/mol. The van der Waals surface area contributed by atoms with Crippen LogP contribution in [0.4, 0.5) is 5.69 Å². The van der Waals surface area contributed by atoms with E-state index in [1.807, 2.05) is 6.07 Å². The number of carbonyl (C=O) groups excluding carboxylic acids is 2. The maximum atomic E-state index is 11.9. The summed E-state index contributed by atoms with van der Waals surface area (Å²) in [7, 11) is 0. The van der Waals surface area contributed by atoms with E-state index in [9.17, 15) is 9.59 Å². The fourth-order valence-corrected chi connectivity index (χ4v) is 2.53. The maximum Gasteiger partial charge on any atom is 0.340 e. The lowest BCUT2D eigenvalue weighted by molar-refractivity contribution is -0.120. The van der Waals surface area contributed by atoms with E-state index in [4.69, 9.17) is 16.3 Å². The number of anilines is 1. The molecule has 1 heterocycles. The number of ketones is 1. The van der Waals surface area contributed by atoms with Crippen molar-refractivity contribution in [3.63, 3.8) is 0 Å². The van der Waals surface area contributed by atoms with Crippen LogP contribution < -0.4 is 5.32 Å². The number of halogens is 1. The Morgan fingerprint density at radius 1 is 1.38 bits per heavy atom. The van der Waals surface area contributed by atoms with Crippen LogP contribution in [0.3, 0.4) is 0 Å². The Bertz CT molecular complexity index is 657. The predicted octanol–water partition coefficient (Wildman–Crippen LogP) is 3.15. The lowest BCUT2D eigenvalue weighted by Gasteiger charge is -2.10. The van der Waals surface area contributed by atoms with Gasteiger partial charge in [0.2, 0.25) is 0 Å². The van der Waals surface area contributed by atoms with E-state index in [-0.39, 0.29) is 12.4 Å². The predicted molar refractivity (Wildman–Crippen MR) is 81.9 cm³/mol. The van der Waals surface area contributed by atoms with Crippen molar-refractivity contribution in [2.75, 3.05) is 11.9 Å². The molecule has 0 amide bonds. The smallest absolute Gasteiger partial charge is 0.340 e. The van der Waals surface area contributed by atoms with Crippen molar-refractivity contribution in [2.24, 2.45) is 0 Å². The molecule has 2 rings (SSSR count). The molecule has 2 aromatic rings. The molecule has 1 aromatic heterocycles. The van der Waals surface area contributed by atoms with Crippen LogP contribution in [0.25, 0.3) is 0 Å². The number of Topliss-reactive ketones (excluding diaryl/α,β-unsaturated/α-hetero) is 1. The summed E-state index contributed by atoms with van der Waals surface area (Å²) in [5.74, 6) is -0.733. The van der Waals surface area contributed by atoms with Crippen LogP contribution in [0.1, 0.15) is 22.2 Å². The van der Waals surface area contributed by atoms with Crippen LogP contribution in [-0.2, 0) is 16.1 Å². The summed E-state index contributed by atoms with van der Waals surface area (Å²) < 4.78 is 5.40. The molecule has 0 bridgehead atoms. The molecule has 0 fully saturated rings. The number of rotatable bonds is 6. The third kappa shape index (κ3) is 4.54. The highest BCUT2D eigenvalue weighted by atomic mass is 35.5. The molecule has 0 saturated carbocycles. The van der Waals surface area contributed by atoms with Gasteiger partial charge in [-0.3, -0.25) is 4.79 Å². The molecule has 0 radical (unpaired) electrons. The Hall–Kier alpha value is -1.92. The SMILES string of the molecule is CC(=O)COC(=O)c1ccccc1NCc1cnc(Cl)s1. The van der Waals surface area contributed by atoms with Crippen LogP contribution in [0.15, 0.2) is 30.5 Å². The summed E-state index contributed by atoms with van der Waals surface area (Å²) in [5, 5.41) is 3.14. The average molecular weight is 325 g/mol. The average Bonchev–Trinajstić information content (AvgIpc) is 2.88. The molecule has 0 unspecified atom stereocenters. The molecule has 0 aliphatic carbocycles. The van der Waals surface area contributed by atoms with Gasteiger partial charge >= 0.3 is 5.97 Å². The molecule has 0 aliphatic heterocycles. The number of nitrogens with zero attached hydrogens (tertiary/aromatic N) is 1. The van der Waals surface area contributed by atoms with Gasteiger partial charge < -0.3 is 10.1 Å². The van der Waals surface area contributed by atoms with Crippen molar-refractivity contribution in [3.8, 4) is 0 Å². The van der Waals surface area contributed by atoms with Gasteiger partial charge in [-0.15, -0.1) is 11.3 Å². The van der Waals surface area contributed by atoms with Crippen LogP contribution in [-0.4, -0.2) is 23.3 Å². The van der Waals surface area contributed by atoms with Crippen LogP contribution >= 0.6 is 22.9 Å². The van der Waals surface area contributed by atoms with Gasteiger partial charge in [-0.1, -0.05) is 23.7 Å². The molecular formula is C14H13ClN2O3S. The number of para-hydroxylation sites is 1. The van der Waals surface area contributed by atoms with Gasteiger partial charge in [0, 0.05) is 16.8 Å². The zero-order chi connectivity index (χ0) is 15.2. The minimum absolute atomic E-state index is 0.201. The van der Waals surface area contributed by atoms with Gasteiger partial charge in [0.15, 0.2) is 10.3 Å². The van der Waals surface area contributed by atoms with Crippen molar-refractivity contribution < 1.29 is 14.3 Å². The number of hydrogen-bond acceptors (Lipinski definition) is 6. The van der Waals surface area contributed by atoms with Gasteiger partial charge in [-0.25, -0.2) is 9.78 Å². The Morgan fingerprint density at radius 3 is 2.81 bits per heavy atom. The molecule has 7 heteroatoms. The normalized spacial score (nSPS) is 10.2. The van der Waals surface area contributed by atoms with Crippen molar-refractivity contribution in [3.05, 3.63) is 45.4 Å². The highest BCUT2D eigenvalue weighted by Crippen LogP contribution is 2.21. The number of ether oxygens (including phenoxy) is 1. The third-order valence-electron chi connectivity index (χ3n) is 2.53. The van der Waals surface area contributed by atoms with Crippen molar-refractivity contribution in [1.82, 2.24) is 4.98 Å². The Labute approximate surface area is 130 Å². The van der Waals surface area contributed by atoms with Crippen LogP contribution in [0.2, 0.25) is 4.47 Å². The topological polar surface area (TPSA) is 68.3 Å². The standard InChI is InChI=1S/C14H13ClN2O3S/c1-9(18)8-20-13(19)11-4-2-3-5-12(11)16-6-10-7-17-14(15)21-10/h2-5,7,16H,6,8H2,1H3. The summed E-state index contributed by atoms with van der Waals surface area (Å²) in [6.45, 7) is 1.64. The summed E-state index contributed by atoms with van der Waals surface area (Å²) in [6, 6.07) is 6.96. The van der Waals surface area contributed by atoms with E-state index < -0.39 is 5.97 Å². The van der Waals surface area contributed by atoms with E-state index in [0.717, 1.165) is 4.88 Å². The third-order valence-corrected chi connectivity index (χ3v) is 3.65. The highest BCUT2D eigenvalue weighted by Gasteiger charge is 2.13. The molecule has 110 valence electrons. The molecule has 0 atom stereocenters. The number of hydrogen-bond donors (Lipinski definition) is 1. The fraction of sp³-hybridized carbons (Fsp3) is 0.214. The first kappa shape index (κ1) is 15.5. The van der Waals surface area contributed by atoms with Crippen molar-refractivity contribution >= 4 is 40.4 Å². The number of thiazole rings is 1. The second-order valence-corrected chi connectivity index (χ2v) is 5.95. The quantitative estimate of drug-likeness (QED) is 0.827. The van der Waals surface area contributed by atoms with Crippen LogP contribution in [0, 0.1) is 0 Å². The lowest BCUT2D eigenvalue weighted by Crippen LogP contribution is -2.13. The summed E-state index contributed by atoms with van der Waals surface area (Å²) >= 11 is 7.13. The number of carbonyl (C=O) groups is 2. The molecule has 0 spiro atoms. The van der Waals surface area contributed by atoms with Crippen molar-refractivity contribution in [1.29, 1.82) is 0 Å². The second-order valence-electron chi connectivity index (χ2n) is 4.26. The largest absolute Gasteiger partial charge is 0.454 e. The minimum atomic E-state index is -0.532. The van der Waals surface area contributed by atoms with Gasteiger partial charge in [-0.2, -0.15) is 0 Å². The Morgan fingerprint density at radius 2 is 2.14 bits per heavy atom. The number of nitrogens with one attached hydrogen (secondary N) is 1. The maximum absolute atomic E-state index is 11.9. The summed E-state index contributed by atoms with van der Waals surface area (Å²) in [6.07, 6.45) is 1.68. The molecular weight excluding hydrogens is 312 g/mol. The highest BCUT2D eigenvalue weighted by molar-refractivity contribution is 7.15. The number of benzene rings is 1. The van der Waals surface area contributed by atoms with Gasteiger partial charge in [0.1, 0.15) is 6.61 Å². The molecule has 1 aromatic carbocycles. The number of esters is 1. The van der Waals surface area contributed by atoms with E-state index >= 15 is 0 Å². The van der Waals surface area contributed by atoms with E-state index in [1.165, 1.54) is 18.3 Å². The first-order valence-corrected chi connectivity index (χ1v) is 7.35. The first-order chi connectivity index (χ1) is 10.1. The van der Waals surface area contributed by atoms with Crippen LogP contribution in [0.5, 0.6) is 0 Å². The molecule has 0 aliphatic rings. The zero-order valence-corrected chi connectivity index (χ0v) is 12.8. The Balaban J connectivity index is 2.05. The summed E-state index contributed by atoms with van der Waals surface area (Å²) in [5.41, 5.74) is 1.02. The van der Waals surface area contributed by atoms with Gasteiger partial charge in [-0.05, 0) is 19.1 Å². The van der Waals surface area contributed by atoms with E-state index in [0.29, 0.717) is 22.3 Å².